The van der Waals surface area contributed by atoms with Crippen LogP contribution in [0, 0.1) is 17.8 Å². The van der Waals surface area contributed by atoms with Gasteiger partial charge in [0, 0.05) is 31.1 Å². The molecule has 3 rings (SSSR count). The molecular formula is C39H74N2O9Si. The summed E-state index contributed by atoms with van der Waals surface area (Å²) in [5.41, 5.74) is -2.13. The molecule has 0 spiro atoms. The van der Waals surface area contributed by atoms with Crippen molar-refractivity contribution >= 4 is 14.3 Å². The lowest BCUT2D eigenvalue weighted by Crippen LogP contribution is -2.62. The number of carbonyl (C=O) groups excluding carboxylic acids is 1. The zero-order valence-corrected chi connectivity index (χ0v) is 35.2. The van der Waals surface area contributed by atoms with E-state index < -0.39 is 74.1 Å². The topological polar surface area (TPSA) is 130 Å². The number of ether oxygens (including phenoxy) is 4. The van der Waals surface area contributed by atoms with E-state index >= 15 is 0 Å². The Hall–Kier alpha value is -0.933. The van der Waals surface area contributed by atoms with Crippen LogP contribution in [-0.2, 0) is 28.2 Å². The molecule has 3 N–H and O–H groups in total. The molecule has 0 radical (unpaired) electrons. The summed E-state index contributed by atoms with van der Waals surface area (Å²) in [6, 6.07) is 2.75. The highest BCUT2D eigenvalue weighted by Gasteiger charge is 2.52. The molecule has 3 heterocycles. The van der Waals surface area contributed by atoms with E-state index in [-0.39, 0.29) is 30.7 Å². The Morgan fingerprint density at radius 3 is 2.20 bits per heavy atom. The van der Waals surface area contributed by atoms with Gasteiger partial charge in [0.15, 0.2) is 14.6 Å². The zero-order valence-electron chi connectivity index (χ0n) is 34.2. The van der Waals surface area contributed by atoms with Crippen molar-refractivity contribution in [2.75, 3.05) is 33.8 Å². The highest BCUT2D eigenvalue weighted by Crippen LogP contribution is 2.39. The van der Waals surface area contributed by atoms with E-state index in [2.05, 4.69) is 58.2 Å². The van der Waals surface area contributed by atoms with E-state index in [4.69, 9.17) is 23.4 Å². The van der Waals surface area contributed by atoms with Crippen LogP contribution in [0.25, 0.3) is 0 Å². The van der Waals surface area contributed by atoms with Crippen molar-refractivity contribution in [3.63, 3.8) is 0 Å². The second kappa shape index (κ2) is 18.1. The third-order valence-corrected chi connectivity index (χ3v) is 17.1. The number of esters is 1. The fourth-order valence-corrected chi connectivity index (χ4v) is 11.9. The Labute approximate surface area is 310 Å². The van der Waals surface area contributed by atoms with Gasteiger partial charge in [-0.15, -0.1) is 0 Å². The average molecular weight is 743 g/mol. The maximum Gasteiger partial charge on any atom is 0.311 e. The number of carbonyl (C=O) groups is 1. The molecule has 11 nitrogen and oxygen atoms in total. The van der Waals surface area contributed by atoms with Crippen molar-refractivity contribution in [1.82, 2.24) is 9.80 Å². The quantitative estimate of drug-likeness (QED) is 0.168. The summed E-state index contributed by atoms with van der Waals surface area (Å²) in [6.07, 6.45) is -3.66. The largest absolute Gasteiger partial charge is 0.459 e. The summed E-state index contributed by atoms with van der Waals surface area (Å²) in [7, 11) is 1.97. The molecule has 3 saturated heterocycles. The number of hydrogen-bond acceptors (Lipinski definition) is 11. The first-order chi connectivity index (χ1) is 23.7. The van der Waals surface area contributed by atoms with Crippen LogP contribution >= 0.6 is 0 Å². The van der Waals surface area contributed by atoms with Crippen LogP contribution in [0.3, 0.4) is 0 Å². The second-order valence-electron chi connectivity index (χ2n) is 17.0. The van der Waals surface area contributed by atoms with Crippen molar-refractivity contribution in [1.29, 1.82) is 0 Å². The molecule has 0 aliphatic carbocycles. The first-order valence-electron chi connectivity index (χ1n) is 19.7. The van der Waals surface area contributed by atoms with Crippen LogP contribution in [0.1, 0.15) is 95.4 Å². The fraction of sp³-hybridized carbons (Fsp3) is 0.923. The fourth-order valence-electron chi connectivity index (χ4n) is 9.02. The maximum atomic E-state index is 13.8. The first-order valence-corrected chi connectivity index (χ1v) is 22.2. The van der Waals surface area contributed by atoms with Crippen molar-refractivity contribution in [3.8, 4) is 0 Å². The minimum absolute atomic E-state index is 0.0120. The van der Waals surface area contributed by atoms with Crippen molar-refractivity contribution in [3.05, 3.63) is 12.2 Å². The highest BCUT2D eigenvalue weighted by molar-refractivity contribution is 6.73. The Bertz CT molecular complexity index is 1130. The number of nitrogens with zero attached hydrogens (tertiary/aromatic N) is 2. The maximum absolute atomic E-state index is 13.8. The predicted octanol–water partition coefficient (Wildman–Crippen LogP) is 4.97. The van der Waals surface area contributed by atoms with Crippen LogP contribution < -0.4 is 0 Å². The molecule has 0 amide bonds. The van der Waals surface area contributed by atoms with Gasteiger partial charge in [0.05, 0.1) is 42.5 Å². The molecule has 298 valence electrons. The molecule has 0 saturated carbocycles. The summed E-state index contributed by atoms with van der Waals surface area (Å²) < 4.78 is 33.1. The lowest BCUT2D eigenvalue weighted by molar-refractivity contribution is -0.296. The molecule has 15 atom stereocenters. The number of cyclic esters (lactones) is 1. The van der Waals surface area contributed by atoms with E-state index in [1.54, 1.807) is 20.8 Å². The highest BCUT2D eigenvalue weighted by atomic mass is 28.4. The van der Waals surface area contributed by atoms with Gasteiger partial charge in [0.1, 0.15) is 17.8 Å². The van der Waals surface area contributed by atoms with E-state index in [0.29, 0.717) is 25.9 Å². The lowest BCUT2D eigenvalue weighted by atomic mass is 9.78. The van der Waals surface area contributed by atoms with E-state index in [1.807, 2.05) is 27.7 Å². The van der Waals surface area contributed by atoms with E-state index in [9.17, 15) is 20.1 Å². The third-order valence-electron chi connectivity index (χ3n) is 12.5. The van der Waals surface area contributed by atoms with Crippen molar-refractivity contribution in [2.45, 2.75) is 180 Å². The van der Waals surface area contributed by atoms with Crippen molar-refractivity contribution in [2.24, 2.45) is 17.8 Å². The lowest BCUT2D eigenvalue weighted by Gasteiger charge is -2.50. The summed E-state index contributed by atoms with van der Waals surface area (Å²) >= 11 is 0. The van der Waals surface area contributed by atoms with E-state index in [0.717, 1.165) is 30.1 Å². The number of aliphatic hydroxyl groups excluding tert-OH is 1. The monoisotopic (exact) mass is 743 g/mol. The van der Waals surface area contributed by atoms with Gasteiger partial charge in [-0.1, -0.05) is 48.1 Å². The molecule has 51 heavy (non-hydrogen) atoms. The number of likely N-dealkylation sites (N-methyl/N-ethyl adjacent to an activating group) is 1. The van der Waals surface area contributed by atoms with Gasteiger partial charge >= 0.3 is 5.97 Å². The molecule has 2 bridgehead atoms. The van der Waals surface area contributed by atoms with Crippen LogP contribution in [-0.4, -0.2) is 139 Å². The van der Waals surface area contributed by atoms with Gasteiger partial charge in [0.25, 0.3) is 0 Å². The molecule has 3 aliphatic heterocycles. The molecule has 0 aromatic carbocycles. The standard InChI is InChI=1S/C39H74N2O9Si/c1-15-31-39(12,45)34-25(6)22-41(21-24(5)23-46-34)26(7)20-38(11,44)35(28(9)32(42)29(10)36(43)48-31)49-37-33(50-51(16-2,17-3)18-4)30(40(13)14)19-27(8)47-37/h25-35,37,42,44-45H,5,15-23H2,1-4,6-14H3/t25-,26+,27-,28-,29+,30+,31+,32-,33-,34+,35+,37+,38+,39+/m0/s1. The predicted molar refractivity (Wildman–Crippen MR) is 203 cm³/mol. The molecule has 0 aromatic rings. The molecule has 3 aliphatic rings. The minimum atomic E-state index is -2.14. The number of hydrogen-bond donors (Lipinski definition) is 3. The van der Waals surface area contributed by atoms with Gasteiger partial charge in [-0.2, -0.15) is 0 Å². The van der Waals surface area contributed by atoms with Crippen LogP contribution in [0.2, 0.25) is 18.1 Å². The van der Waals surface area contributed by atoms with Crippen LogP contribution in [0.4, 0.5) is 0 Å². The van der Waals surface area contributed by atoms with E-state index in [1.165, 1.54) is 0 Å². The second-order valence-corrected chi connectivity index (χ2v) is 21.7. The summed E-state index contributed by atoms with van der Waals surface area (Å²) in [6.45, 7) is 27.1. The number of fused-ring (bicyclic) bond motifs is 3. The summed E-state index contributed by atoms with van der Waals surface area (Å²) in [5.74, 6) is -2.48. The molecule has 3 fully saturated rings. The number of aliphatic hydroxyl groups is 3. The first kappa shape index (κ1) is 44.5. The molecular weight excluding hydrogens is 669 g/mol. The van der Waals surface area contributed by atoms with Crippen molar-refractivity contribution < 1.29 is 43.5 Å². The smallest absolute Gasteiger partial charge is 0.311 e. The Morgan fingerprint density at radius 1 is 1.04 bits per heavy atom. The van der Waals surface area contributed by atoms with Gasteiger partial charge in [-0.05, 0) is 97.6 Å². The molecule has 1 unspecified atom stereocenters. The summed E-state index contributed by atoms with van der Waals surface area (Å²) in [4.78, 5) is 18.3. The van der Waals surface area contributed by atoms with Crippen LogP contribution in [0.15, 0.2) is 12.2 Å². The minimum Gasteiger partial charge on any atom is -0.459 e. The van der Waals surface area contributed by atoms with Gasteiger partial charge in [-0.3, -0.25) is 9.69 Å². The Balaban J connectivity index is 2.15. The normalized spacial score (nSPS) is 44.0. The van der Waals surface area contributed by atoms with Crippen LogP contribution in [0.5, 0.6) is 0 Å². The van der Waals surface area contributed by atoms with Gasteiger partial charge in [0.2, 0.25) is 0 Å². The van der Waals surface area contributed by atoms with Gasteiger partial charge in [-0.25, -0.2) is 0 Å². The summed E-state index contributed by atoms with van der Waals surface area (Å²) in [5, 5.41) is 36.6. The Morgan fingerprint density at radius 2 is 1.65 bits per heavy atom. The SMILES string of the molecule is C=C1CO[C@@H]2[C@@H](C)CN(C1)[C@H](C)C[C@@](C)(O)[C@H](O[C@H]1O[C@@H](C)C[C@@H](N(C)C)[C@@H]1O[Si](CC)(CC)CC)[C@@H](C)[C@H](O)[C@@H](C)C(=O)O[C@H](CC)[C@@]2(C)O. The molecule has 0 aromatic heterocycles. The molecule has 12 heteroatoms. The average Bonchev–Trinajstić information content (AvgIpc) is 3.05. The third kappa shape index (κ3) is 10.2. The Kier molecular flexibility index (Phi) is 15.8. The number of rotatable bonds is 9. The zero-order chi connectivity index (χ0) is 38.6. The van der Waals surface area contributed by atoms with Gasteiger partial charge < -0.3 is 43.6 Å².